The average molecular weight is 454 g/mol. The lowest BCUT2D eigenvalue weighted by molar-refractivity contribution is 0.0237. The molecule has 3 fully saturated rings. The second kappa shape index (κ2) is 9.15. The molecule has 1 aromatic rings. The molecule has 0 radical (unpaired) electrons. The van der Waals surface area contributed by atoms with E-state index in [9.17, 15) is 13.2 Å². The highest BCUT2D eigenvalue weighted by Gasteiger charge is 2.43. The number of hydrogen-bond acceptors (Lipinski definition) is 4. The zero-order chi connectivity index (χ0) is 21.2. The van der Waals surface area contributed by atoms with E-state index in [1.807, 2.05) is 12.1 Å². The van der Waals surface area contributed by atoms with Crippen molar-refractivity contribution in [2.24, 2.45) is 0 Å². The summed E-state index contributed by atoms with van der Waals surface area (Å²) in [5.41, 5.74) is 0.406. The summed E-state index contributed by atoms with van der Waals surface area (Å²) in [5, 5.41) is 3.43. The summed E-state index contributed by atoms with van der Waals surface area (Å²) in [6.45, 7) is 3.15. The van der Waals surface area contributed by atoms with Crippen LogP contribution in [0.3, 0.4) is 0 Å². The van der Waals surface area contributed by atoms with Gasteiger partial charge >= 0.3 is 0 Å². The molecular weight excluding hydrogens is 422 g/mol. The molecule has 8 heteroatoms. The highest BCUT2D eigenvalue weighted by atomic mass is 35.5. The Kier molecular flexibility index (Phi) is 6.73. The molecule has 1 aromatic carbocycles. The first-order valence-corrected chi connectivity index (χ1v) is 13.1. The summed E-state index contributed by atoms with van der Waals surface area (Å²) < 4.78 is 27.2. The van der Waals surface area contributed by atoms with E-state index in [1.54, 1.807) is 16.4 Å². The summed E-state index contributed by atoms with van der Waals surface area (Å²) in [4.78, 5) is 15.2. The third-order valence-corrected chi connectivity index (χ3v) is 9.95. The van der Waals surface area contributed by atoms with Gasteiger partial charge in [-0.3, -0.25) is 9.69 Å². The van der Waals surface area contributed by atoms with Gasteiger partial charge in [0.1, 0.15) is 0 Å². The maximum atomic E-state index is 12.8. The third kappa shape index (κ3) is 4.40. The zero-order valence-electron chi connectivity index (χ0n) is 17.5. The van der Waals surface area contributed by atoms with E-state index in [4.69, 9.17) is 11.6 Å². The molecular formula is C22H32ClN3O3S. The minimum Gasteiger partial charge on any atom is -0.350 e. The quantitative estimate of drug-likeness (QED) is 0.717. The van der Waals surface area contributed by atoms with Crippen LogP contribution in [0.15, 0.2) is 24.3 Å². The highest BCUT2D eigenvalue weighted by molar-refractivity contribution is 7.89. The van der Waals surface area contributed by atoms with Crippen LogP contribution >= 0.6 is 11.6 Å². The molecule has 30 heavy (non-hydrogen) atoms. The van der Waals surface area contributed by atoms with Crippen LogP contribution in [0.5, 0.6) is 0 Å². The Labute approximate surface area is 185 Å². The van der Waals surface area contributed by atoms with Crippen LogP contribution in [0.4, 0.5) is 0 Å². The Morgan fingerprint density at radius 1 is 1.03 bits per heavy atom. The largest absolute Gasteiger partial charge is 0.350 e. The SMILES string of the molecule is O=C(NCC1(N2CCN(S(=O)(=O)C3CCC3)CC2)CCCCC1)c1ccccc1Cl. The normalized spacial score (nSPS) is 23.6. The second-order valence-electron chi connectivity index (χ2n) is 8.93. The van der Waals surface area contributed by atoms with Gasteiger partial charge in [0.05, 0.1) is 15.8 Å². The van der Waals surface area contributed by atoms with Crippen molar-refractivity contribution in [1.82, 2.24) is 14.5 Å². The Hall–Kier alpha value is -1.15. The van der Waals surface area contributed by atoms with E-state index in [2.05, 4.69) is 10.2 Å². The number of piperazine rings is 1. The number of hydrogen-bond donors (Lipinski definition) is 1. The van der Waals surface area contributed by atoms with Crippen molar-refractivity contribution in [3.05, 3.63) is 34.9 Å². The van der Waals surface area contributed by atoms with Gasteiger partial charge in [0, 0.05) is 38.3 Å². The molecule has 1 N–H and O–H groups in total. The average Bonchev–Trinajstić information content (AvgIpc) is 2.71. The molecule has 0 unspecified atom stereocenters. The van der Waals surface area contributed by atoms with Crippen molar-refractivity contribution in [2.75, 3.05) is 32.7 Å². The first kappa shape index (κ1) is 22.1. The van der Waals surface area contributed by atoms with Gasteiger partial charge in [0.15, 0.2) is 0 Å². The van der Waals surface area contributed by atoms with E-state index < -0.39 is 10.0 Å². The van der Waals surface area contributed by atoms with Gasteiger partial charge in [0.2, 0.25) is 10.0 Å². The Morgan fingerprint density at radius 2 is 1.70 bits per heavy atom. The number of halogens is 1. The van der Waals surface area contributed by atoms with Crippen LogP contribution in [0.2, 0.25) is 5.02 Å². The number of nitrogens with one attached hydrogen (secondary N) is 1. The number of carbonyl (C=O) groups is 1. The monoisotopic (exact) mass is 453 g/mol. The molecule has 2 saturated carbocycles. The molecule has 2 aliphatic carbocycles. The first-order valence-electron chi connectivity index (χ1n) is 11.2. The van der Waals surface area contributed by atoms with E-state index >= 15 is 0 Å². The fourth-order valence-corrected chi connectivity index (χ4v) is 7.34. The van der Waals surface area contributed by atoms with Crippen molar-refractivity contribution in [1.29, 1.82) is 0 Å². The molecule has 0 aromatic heterocycles. The third-order valence-electron chi connectivity index (χ3n) is 7.22. The Bertz CT molecular complexity index is 858. The fourth-order valence-electron chi connectivity index (χ4n) is 5.10. The lowest BCUT2D eigenvalue weighted by Gasteiger charge is -2.50. The predicted octanol–water partition coefficient (Wildman–Crippen LogP) is 3.27. The van der Waals surface area contributed by atoms with Crippen LogP contribution < -0.4 is 5.32 Å². The standard InChI is InChI=1S/C22H32ClN3O3S/c23-20-10-3-2-9-19(20)21(27)24-17-22(11-4-1-5-12-22)25-13-15-26(16-14-25)30(28,29)18-7-6-8-18/h2-3,9-10,18H,1,4-8,11-17H2,(H,24,27). The van der Waals surface area contributed by atoms with E-state index in [0.29, 0.717) is 30.2 Å². The number of nitrogens with zero attached hydrogens (tertiary/aromatic N) is 2. The van der Waals surface area contributed by atoms with Crippen LogP contribution in [-0.2, 0) is 10.0 Å². The van der Waals surface area contributed by atoms with E-state index in [-0.39, 0.29) is 16.7 Å². The Balaban J connectivity index is 1.41. The number of carbonyl (C=O) groups excluding carboxylic acids is 1. The van der Waals surface area contributed by atoms with Crippen LogP contribution in [-0.4, -0.2) is 67.0 Å². The summed E-state index contributed by atoms with van der Waals surface area (Å²) in [5.74, 6) is -0.142. The molecule has 1 aliphatic heterocycles. The van der Waals surface area contributed by atoms with E-state index in [1.165, 1.54) is 6.42 Å². The maximum absolute atomic E-state index is 12.8. The van der Waals surface area contributed by atoms with Crippen LogP contribution in [0.25, 0.3) is 0 Å². The fraction of sp³-hybridized carbons (Fsp3) is 0.682. The first-order chi connectivity index (χ1) is 14.4. The molecule has 0 spiro atoms. The summed E-state index contributed by atoms with van der Waals surface area (Å²) in [7, 11) is -3.14. The van der Waals surface area contributed by atoms with Crippen molar-refractivity contribution in [3.63, 3.8) is 0 Å². The van der Waals surface area contributed by atoms with Gasteiger partial charge in [0.25, 0.3) is 5.91 Å². The maximum Gasteiger partial charge on any atom is 0.252 e. The highest BCUT2D eigenvalue weighted by Crippen LogP contribution is 2.35. The molecule has 0 bridgehead atoms. The van der Waals surface area contributed by atoms with Crippen LogP contribution in [0.1, 0.15) is 61.7 Å². The second-order valence-corrected chi connectivity index (χ2v) is 11.6. The van der Waals surface area contributed by atoms with Gasteiger partial charge in [-0.25, -0.2) is 8.42 Å². The molecule has 1 heterocycles. The van der Waals surface area contributed by atoms with E-state index in [0.717, 1.165) is 58.0 Å². The number of amides is 1. The zero-order valence-corrected chi connectivity index (χ0v) is 19.1. The van der Waals surface area contributed by atoms with Gasteiger partial charge in [-0.1, -0.05) is 49.4 Å². The molecule has 4 rings (SSSR count). The van der Waals surface area contributed by atoms with Gasteiger partial charge < -0.3 is 5.32 Å². The van der Waals surface area contributed by atoms with Crippen LogP contribution in [0, 0.1) is 0 Å². The van der Waals surface area contributed by atoms with Gasteiger partial charge in [-0.2, -0.15) is 4.31 Å². The van der Waals surface area contributed by atoms with Gasteiger partial charge in [-0.05, 0) is 37.8 Å². The molecule has 1 saturated heterocycles. The minimum atomic E-state index is -3.14. The molecule has 6 nitrogen and oxygen atoms in total. The number of benzene rings is 1. The van der Waals surface area contributed by atoms with Crippen molar-refractivity contribution in [3.8, 4) is 0 Å². The predicted molar refractivity (Wildman–Crippen MR) is 119 cm³/mol. The van der Waals surface area contributed by atoms with Gasteiger partial charge in [-0.15, -0.1) is 0 Å². The smallest absolute Gasteiger partial charge is 0.252 e. The summed E-state index contributed by atoms with van der Waals surface area (Å²) in [6.07, 6.45) is 8.21. The number of sulfonamides is 1. The van der Waals surface area contributed by atoms with Crippen molar-refractivity contribution in [2.45, 2.75) is 62.2 Å². The minimum absolute atomic E-state index is 0.0957. The Morgan fingerprint density at radius 3 is 2.30 bits per heavy atom. The van der Waals surface area contributed by atoms with Crippen molar-refractivity contribution < 1.29 is 13.2 Å². The number of rotatable bonds is 6. The summed E-state index contributed by atoms with van der Waals surface area (Å²) >= 11 is 6.19. The molecule has 166 valence electrons. The molecule has 3 aliphatic rings. The lowest BCUT2D eigenvalue weighted by atomic mass is 9.79. The topological polar surface area (TPSA) is 69.7 Å². The lowest BCUT2D eigenvalue weighted by Crippen LogP contribution is -2.63. The summed E-state index contributed by atoms with van der Waals surface area (Å²) in [6, 6.07) is 7.11. The molecule has 0 atom stereocenters. The van der Waals surface area contributed by atoms with Crippen molar-refractivity contribution >= 4 is 27.5 Å². The molecule has 1 amide bonds.